The maximum absolute atomic E-state index is 11.9. The van der Waals surface area contributed by atoms with E-state index < -0.39 is 0 Å². The van der Waals surface area contributed by atoms with Gasteiger partial charge in [-0.25, -0.2) is 0 Å². The topological polar surface area (TPSA) is 83.1 Å². The number of hydrogen-bond acceptors (Lipinski definition) is 4. The van der Waals surface area contributed by atoms with Crippen molar-refractivity contribution >= 4 is 36.6 Å². The number of nitrogens with one attached hydrogen (secondary N) is 3. The summed E-state index contributed by atoms with van der Waals surface area (Å²) in [5.74, 6) is -0.457. The molecule has 3 N–H and O–H groups in total. The normalized spacial score (nSPS) is 24.8. The number of carbonyl (C=O) groups is 2. The lowest BCUT2D eigenvalue weighted by molar-refractivity contribution is -0.121. The predicted octanol–water partition coefficient (Wildman–Crippen LogP) is 1.05. The second-order valence-corrected chi connectivity index (χ2v) is 5.77. The van der Waals surface area contributed by atoms with Crippen LogP contribution in [0.3, 0.4) is 0 Å². The van der Waals surface area contributed by atoms with E-state index in [0.717, 1.165) is 12.8 Å². The SMILES string of the molecule is Cl.Cl.O=C(CNC(=O)c1ccccn1)NC1CC2CCC(C1)N2. The van der Waals surface area contributed by atoms with Crippen LogP contribution in [0.1, 0.15) is 36.2 Å². The number of hydrogen-bond donors (Lipinski definition) is 3. The van der Waals surface area contributed by atoms with Gasteiger partial charge in [-0.3, -0.25) is 14.6 Å². The molecule has 3 heterocycles. The van der Waals surface area contributed by atoms with E-state index in [4.69, 9.17) is 0 Å². The quantitative estimate of drug-likeness (QED) is 0.749. The van der Waals surface area contributed by atoms with E-state index in [1.54, 1.807) is 24.4 Å². The second-order valence-electron chi connectivity index (χ2n) is 5.77. The molecule has 2 fully saturated rings. The minimum Gasteiger partial charge on any atom is -0.352 e. The number of piperidine rings is 1. The highest BCUT2D eigenvalue weighted by molar-refractivity contribution is 5.94. The first-order valence-electron chi connectivity index (χ1n) is 7.45. The Hall–Kier alpha value is -1.37. The summed E-state index contributed by atoms with van der Waals surface area (Å²) in [6.07, 6.45) is 5.92. The number of aromatic nitrogens is 1. The summed E-state index contributed by atoms with van der Waals surface area (Å²) < 4.78 is 0. The number of amides is 2. The maximum atomic E-state index is 11.9. The predicted molar refractivity (Wildman–Crippen MR) is 92.2 cm³/mol. The van der Waals surface area contributed by atoms with Crippen LogP contribution in [-0.4, -0.2) is 41.5 Å². The Balaban J connectivity index is 0.00000132. The smallest absolute Gasteiger partial charge is 0.270 e. The molecule has 0 spiro atoms. The van der Waals surface area contributed by atoms with Crippen molar-refractivity contribution in [1.29, 1.82) is 0 Å². The fourth-order valence-electron chi connectivity index (χ4n) is 3.20. The van der Waals surface area contributed by atoms with Crippen molar-refractivity contribution in [1.82, 2.24) is 20.9 Å². The molecule has 2 unspecified atom stereocenters. The van der Waals surface area contributed by atoms with Gasteiger partial charge in [0.25, 0.3) is 5.91 Å². The second kappa shape index (κ2) is 9.05. The van der Waals surface area contributed by atoms with E-state index in [9.17, 15) is 9.59 Å². The molecule has 128 valence electrons. The van der Waals surface area contributed by atoms with Crippen molar-refractivity contribution in [3.8, 4) is 0 Å². The summed E-state index contributed by atoms with van der Waals surface area (Å²) in [7, 11) is 0. The van der Waals surface area contributed by atoms with E-state index in [2.05, 4.69) is 20.9 Å². The lowest BCUT2D eigenvalue weighted by Gasteiger charge is -2.29. The summed E-state index contributed by atoms with van der Waals surface area (Å²) in [5.41, 5.74) is 0.324. The van der Waals surface area contributed by atoms with Gasteiger partial charge in [-0.1, -0.05) is 6.07 Å². The first-order valence-corrected chi connectivity index (χ1v) is 7.45. The van der Waals surface area contributed by atoms with Gasteiger partial charge < -0.3 is 16.0 Å². The molecule has 6 nitrogen and oxygen atoms in total. The Morgan fingerprint density at radius 3 is 2.48 bits per heavy atom. The minimum atomic E-state index is -0.323. The summed E-state index contributed by atoms with van der Waals surface area (Å²) in [6.45, 7) is -0.00529. The van der Waals surface area contributed by atoms with E-state index in [-0.39, 0.29) is 49.2 Å². The Morgan fingerprint density at radius 2 is 1.87 bits per heavy atom. The third kappa shape index (κ3) is 5.34. The molecule has 2 aliphatic rings. The summed E-state index contributed by atoms with van der Waals surface area (Å²) in [5, 5.41) is 9.15. The average molecular weight is 361 g/mol. The van der Waals surface area contributed by atoms with E-state index in [1.165, 1.54) is 12.8 Å². The molecule has 3 rings (SSSR count). The fraction of sp³-hybridized carbons (Fsp3) is 0.533. The van der Waals surface area contributed by atoms with Gasteiger partial charge in [0.2, 0.25) is 5.91 Å². The van der Waals surface area contributed by atoms with Gasteiger partial charge >= 0.3 is 0 Å². The lowest BCUT2D eigenvalue weighted by atomic mass is 10.00. The van der Waals surface area contributed by atoms with Crippen LogP contribution in [0.5, 0.6) is 0 Å². The van der Waals surface area contributed by atoms with Crippen molar-refractivity contribution < 1.29 is 9.59 Å². The first-order chi connectivity index (χ1) is 10.2. The summed E-state index contributed by atoms with van der Waals surface area (Å²) in [6, 6.07) is 6.41. The zero-order valence-corrected chi connectivity index (χ0v) is 14.3. The van der Waals surface area contributed by atoms with Gasteiger partial charge in [-0.2, -0.15) is 0 Å². The van der Waals surface area contributed by atoms with Crippen LogP contribution in [0.4, 0.5) is 0 Å². The Labute approximate surface area is 148 Å². The third-order valence-electron chi connectivity index (χ3n) is 4.15. The molecule has 2 saturated heterocycles. The van der Waals surface area contributed by atoms with E-state index in [0.29, 0.717) is 17.8 Å². The van der Waals surface area contributed by atoms with Crippen LogP contribution in [0, 0.1) is 0 Å². The Morgan fingerprint density at radius 1 is 1.17 bits per heavy atom. The molecule has 2 amide bonds. The van der Waals surface area contributed by atoms with Crippen molar-refractivity contribution in [3.63, 3.8) is 0 Å². The van der Waals surface area contributed by atoms with Gasteiger partial charge in [0, 0.05) is 24.3 Å². The van der Waals surface area contributed by atoms with E-state index >= 15 is 0 Å². The molecule has 23 heavy (non-hydrogen) atoms. The Kier molecular flexibility index (Phi) is 7.75. The van der Waals surface area contributed by atoms with Gasteiger partial charge in [0.05, 0.1) is 6.54 Å². The molecule has 2 atom stereocenters. The molecule has 1 aromatic heterocycles. The number of fused-ring (bicyclic) bond motifs is 2. The highest BCUT2D eigenvalue weighted by Gasteiger charge is 2.33. The third-order valence-corrected chi connectivity index (χ3v) is 4.15. The van der Waals surface area contributed by atoms with Crippen molar-refractivity contribution in [2.75, 3.05) is 6.54 Å². The molecule has 0 saturated carbocycles. The lowest BCUT2D eigenvalue weighted by Crippen LogP contribution is -2.50. The van der Waals surface area contributed by atoms with Crippen molar-refractivity contribution in [2.24, 2.45) is 0 Å². The standard InChI is InChI=1S/C15H20N4O2.2ClH/c20-14(9-17-15(21)13-3-1-2-6-16-13)19-12-7-10-4-5-11(8-12)18-10;;/h1-3,6,10-12,18H,4-5,7-9H2,(H,17,21)(H,19,20);2*1H. The van der Waals surface area contributed by atoms with Crippen molar-refractivity contribution in [2.45, 2.75) is 43.8 Å². The fourth-order valence-corrected chi connectivity index (χ4v) is 3.20. The average Bonchev–Trinajstić information content (AvgIpc) is 2.84. The number of halogens is 2. The van der Waals surface area contributed by atoms with Crippen LogP contribution in [0.2, 0.25) is 0 Å². The van der Waals surface area contributed by atoms with Gasteiger partial charge in [-0.05, 0) is 37.8 Å². The highest BCUT2D eigenvalue weighted by Crippen LogP contribution is 2.26. The molecular weight excluding hydrogens is 339 g/mol. The zero-order valence-electron chi connectivity index (χ0n) is 12.7. The van der Waals surface area contributed by atoms with E-state index in [1.807, 2.05) is 0 Å². The molecular formula is C15H22Cl2N4O2. The van der Waals surface area contributed by atoms with Crippen LogP contribution in [0.25, 0.3) is 0 Å². The molecule has 0 radical (unpaired) electrons. The minimum absolute atomic E-state index is 0. The Bertz CT molecular complexity index is 517. The van der Waals surface area contributed by atoms with Crippen LogP contribution in [0.15, 0.2) is 24.4 Å². The van der Waals surface area contributed by atoms with Crippen LogP contribution < -0.4 is 16.0 Å². The largest absolute Gasteiger partial charge is 0.352 e. The number of rotatable bonds is 4. The zero-order chi connectivity index (χ0) is 14.7. The van der Waals surface area contributed by atoms with Crippen LogP contribution >= 0.6 is 24.8 Å². The summed E-state index contributed by atoms with van der Waals surface area (Å²) >= 11 is 0. The highest BCUT2D eigenvalue weighted by atomic mass is 35.5. The molecule has 0 aliphatic carbocycles. The van der Waals surface area contributed by atoms with Gasteiger partial charge in [0.15, 0.2) is 0 Å². The molecule has 0 aromatic carbocycles. The molecule has 2 aliphatic heterocycles. The molecule has 8 heteroatoms. The number of nitrogens with zero attached hydrogens (tertiary/aromatic N) is 1. The first kappa shape index (κ1) is 19.7. The maximum Gasteiger partial charge on any atom is 0.270 e. The molecule has 1 aromatic rings. The van der Waals surface area contributed by atoms with Crippen molar-refractivity contribution in [3.05, 3.63) is 30.1 Å². The summed E-state index contributed by atoms with van der Waals surface area (Å²) in [4.78, 5) is 27.7. The number of carbonyl (C=O) groups excluding carboxylic acids is 2. The van der Waals surface area contributed by atoms with Gasteiger partial charge in [0.1, 0.15) is 5.69 Å². The van der Waals surface area contributed by atoms with Gasteiger partial charge in [-0.15, -0.1) is 24.8 Å². The number of pyridine rings is 1. The monoisotopic (exact) mass is 360 g/mol. The van der Waals surface area contributed by atoms with Crippen LogP contribution in [-0.2, 0) is 4.79 Å². The molecule has 2 bridgehead atoms.